The molecule has 0 aliphatic heterocycles. The van der Waals surface area contributed by atoms with E-state index in [2.05, 4.69) is 44.8 Å². The van der Waals surface area contributed by atoms with Gasteiger partial charge in [-0.25, -0.2) is 9.37 Å². The number of hydrogen-bond acceptors (Lipinski definition) is 4. The van der Waals surface area contributed by atoms with Gasteiger partial charge in [0, 0.05) is 29.1 Å². The van der Waals surface area contributed by atoms with E-state index >= 15 is 0 Å². The van der Waals surface area contributed by atoms with Crippen molar-refractivity contribution in [3.63, 3.8) is 0 Å². The fourth-order valence-corrected chi connectivity index (χ4v) is 4.57. The SMILES string of the molecule is CCC(c1ccnc(OCc2ccc(-c3cc(OC)ccc3F)c(CC(C)(C)C)n2)c1)C1CC1. The van der Waals surface area contributed by atoms with E-state index < -0.39 is 0 Å². The Bertz CT molecular complexity index is 1140. The van der Waals surface area contributed by atoms with E-state index in [4.69, 9.17) is 14.5 Å². The maximum Gasteiger partial charge on any atom is 0.213 e. The highest BCUT2D eigenvalue weighted by molar-refractivity contribution is 5.68. The lowest BCUT2D eigenvalue weighted by Crippen LogP contribution is -2.13. The van der Waals surface area contributed by atoms with Gasteiger partial charge in [-0.1, -0.05) is 33.8 Å². The molecule has 5 heteroatoms. The van der Waals surface area contributed by atoms with Gasteiger partial charge in [-0.2, -0.15) is 0 Å². The van der Waals surface area contributed by atoms with Crippen molar-refractivity contribution in [2.24, 2.45) is 11.3 Å². The summed E-state index contributed by atoms with van der Waals surface area (Å²) in [5.74, 6) is 2.33. The van der Waals surface area contributed by atoms with Crippen LogP contribution in [0.15, 0.2) is 48.7 Å². The summed E-state index contributed by atoms with van der Waals surface area (Å²) in [6, 6.07) is 12.8. The minimum atomic E-state index is -0.288. The number of rotatable bonds is 9. The highest BCUT2D eigenvalue weighted by atomic mass is 19.1. The van der Waals surface area contributed by atoms with Crippen molar-refractivity contribution >= 4 is 0 Å². The number of methoxy groups -OCH3 is 1. The average Bonchev–Trinajstić information content (AvgIpc) is 3.63. The molecule has 0 saturated heterocycles. The van der Waals surface area contributed by atoms with E-state index in [-0.39, 0.29) is 11.2 Å². The highest BCUT2D eigenvalue weighted by Crippen LogP contribution is 2.44. The van der Waals surface area contributed by atoms with Crippen molar-refractivity contribution in [1.82, 2.24) is 9.97 Å². The van der Waals surface area contributed by atoms with Gasteiger partial charge in [-0.3, -0.25) is 4.98 Å². The number of hydrogen-bond donors (Lipinski definition) is 0. The molecule has 0 bridgehead atoms. The first kappa shape index (κ1) is 24.2. The topological polar surface area (TPSA) is 44.2 Å². The monoisotopic (exact) mass is 462 g/mol. The fraction of sp³-hybridized carbons (Fsp3) is 0.448. The third-order valence-electron chi connectivity index (χ3n) is 6.38. The number of ether oxygens (including phenoxy) is 2. The second kappa shape index (κ2) is 10.1. The third-order valence-corrected chi connectivity index (χ3v) is 6.38. The van der Waals surface area contributed by atoms with Crippen molar-refractivity contribution < 1.29 is 13.9 Å². The van der Waals surface area contributed by atoms with E-state index in [1.54, 1.807) is 19.2 Å². The van der Waals surface area contributed by atoms with E-state index in [9.17, 15) is 4.39 Å². The molecule has 2 heterocycles. The highest BCUT2D eigenvalue weighted by Gasteiger charge is 2.31. The van der Waals surface area contributed by atoms with Crippen molar-refractivity contribution in [2.75, 3.05) is 7.11 Å². The zero-order valence-electron chi connectivity index (χ0n) is 20.9. The first-order valence-corrected chi connectivity index (χ1v) is 12.2. The number of nitrogens with zero attached hydrogens (tertiary/aromatic N) is 2. The Morgan fingerprint density at radius 2 is 1.85 bits per heavy atom. The molecular formula is C29H35FN2O2. The van der Waals surface area contributed by atoms with Crippen LogP contribution < -0.4 is 9.47 Å². The third kappa shape index (κ3) is 5.94. The number of pyridine rings is 2. The van der Waals surface area contributed by atoms with Crippen LogP contribution in [-0.2, 0) is 13.0 Å². The number of halogens is 1. The van der Waals surface area contributed by atoms with Gasteiger partial charge in [-0.15, -0.1) is 0 Å². The van der Waals surface area contributed by atoms with Crippen LogP contribution in [0.5, 0.6) is 11.6 Å². The smallest absolute Gasteiger partial charge is 0.213 e. The van der Waals surface area contributed by atoms with Gasteiger partial charge in [0.1, 0.15) is 18.2 Å². The van der Waals surface area contributed by atoms with Crippen LogP contribution in [0.1, 0.15) is 69.8 Å². The lowest BCUT2D eigenvalue weighted by atomic mass is 9.87. The van der Waals surface area contributed by atoms with Crippen LogP contribution in [0.4, 0.5) is 4.39 Å². The molecule has 1 saturated carbocycles. The molecule has 4 nitrogen and oxygen atoms in total. The van der Waals surface area contributed by atoms with Crippen molar-refractivity contribution in [3.05, 3.63) is 71.4 Å². The summed E-state index contributed by atoms with van der Waals surface area (Å²) in [6.45, 7) is 9.03. The Balaban J connectivity index is 1.58. The van der Waals surface area contributed by atoms with Crippen molar-refractivity contribution in [2.45, 2.75) is 65.9 Å². The summed E-state index contributed by atoms with van der Waals surface area (Å²) in [7, 11) is 1.59. The molecule has 0 spiro atoms. The first-order chi connectivity index (χ1) is 16.3. The molecular weight excluding hydrogens is 427 g/mol. The summed E-state index contributed by atoms with van der Waals surface area (Å²) < 4.78 is 26.1. The lowest BCUT2D eigenvalue weighted by Gasteiger charge is -2.21. The molecule has 1 fully saturated rings. The molecule has 180 valence electrons. The van der Waals surface area contributed by atoms with Crippen LogP contribution in [0.3, 0.4) is 0 Å². The Morgan fingerprint density at radius 1 is 1.06 bits per heavy atom. The van der Waals surface area contributed by atoms with Crippen molar-refractivity contribution in [3.8, 4) is 22.8 Å². The van der Waals surface area contributed by atoms with Gasteiger partial charge in [-0.05, 0) is 78.8 Å². The van der Waals surface area contributed by atoms with Crippen LogP contribution in [0, 0.1) is 17.2 Å². The molecule has 1 atom stereocenters. The predicted octanol–water partition coefficient (Wildman–Crippen LogP) is 7.36. The molecule has 4 rings (SSSR count). The van der Waals surface area contributed by atoms with Crippen LogP contribution in [-0.4, -0.2) is 17.1 Å². The Morgan fingerprint density at radius 3 is 2.53 bits per heavy atom. The summed E-state index contributed by atoms with van der Waals surface area (Å²) in [5, 5.41) is 0. The lowest BCUT2D eigenvalue weighted by molar-refractivity contribution is 0.287. The van der Waals surface area contributed by atoms with Gasteiger partial charge in [0.2, 0.25) is 5.88 Å². The minimum Gasteiger partial charge on any atom is -0.497 e. The van der Waals surface area contributed by atoms with Gasteiger partial charge in [0.15, 0.2) is 0 Å². The summed E-state index contributed by atoms with van der Waals surface area (Å²) in [5.41, 5.74) is 4.23. The Hall–Kier alpha value is -2.95. The molecule has 1 aliphatic carbocycles. The molecule has 34 heavy (non-hydrogen) atoms. The maximum atomic E-state index is 14.8. The fourth-order valence-electron chi connectivity index (χ4n) is 4.57. The largest absolute Gasteiger partial charge is 0.497 e. The van der Waals surface area contributed by atoms with E-state index in [1.165, 1.54) is 24.5 Å². The standard InChI is InChI=1S/C29H35FN2O2/c1-6-23(19-7-8-19)20-13-14-31-28(15-20)34-18-21-9-11-24(27(32-21)17-29(2,3)4)25-16-22(33-5)10-12-26(25)30/h9-16,19,23H,6-8,17-18H2,1-5H3. The van der Waals surface area contributed by atoms with Gasteiger partial charge in [0.25, 0.3) is 0 Å². The summed E-state index contributed by atoms with van der Waals surface area (Å²) >= 11 is 0. The molecule has 3 aromatic rings. The molecule has 0 radical (unpaired) electrons. The van der Waals surface area contributed by atoms with Gasteiger partial charge in [0.05, 0.1) is 12.8 Å². The van der Waals surface area contributed by atoms with Crippen molar-refractivity contribution in [1.29, 1.82) is 0 Å². The van der Waals surface area contributed by atoms with Gasteiger partial charge < -0.3 is 9.47 Å². The molecule has 0 amide bonds. The van der Waals surface area contributed by atoms with Crippen LogP contribution >= 0.6 is 0 Å². The number of aromatic nitrogens is 2. The zero-order valence-corrected chi connectivity index (χ0v) is 20.9. The van der Waals surface area contributed by atoms with E-state index in [0.29, 0.717) is 36.1 Å². The molecule has 1 aliphatic rings. The summed E-state index contributed by atoms with van der Waals surface area (Å²) in [6.07, 6.45) is 6.31. The molecule has 0 N–H and O–H groups in total. The minimum absolute atomic E-state index is 0.00949. The Labute approximate surface area is 202 Å². The predicted molar refractivity (Wildman–Crippen MR) is 134 cm³/mol. The van der Waals surface area contributed by atoms with Crippen LogP contribution in [0.25, 0.3) is 11.1 Å². The van der Waals surface area contributed by atoms with E-state index in [0.717, 1.165) is 29.3 Å². The van der Waals surface area contributed by atoms with E-state index in [1.807, 2.05) is 18.3 Å². The number of benzene rings is 1. The molecule has 2 aromatic heterocycles. The van der Waals surface area contributed by atoms with Gasteiger partial charge >= 0.3 is 0 Å². The average molecular weight is 463 g/mol. The molecule has 1 unspecified atom stereocenters. The second-order valence-electron chi connectivity index (χ2n) is 10.4. The summed E-state index contributed by atoms with van der Waals surface area (Å²) in [4.78, 5) is 9.31. The molecule has 1 aromatic carbocycles. The normalized spacial score (nSPS) is 14.6. The second-order valence-corrected chi connectivity index (χ2v) is 10.4. The maximum absolute atomic E-state index is 14.8. The van der Waals surface area contributed by atoms with Crippen LogP contribution in [0.2, 0.25) is 0 Å². The zero-order chi connectivity index (χ0) is 24.3. The first-order valence-electron chi connectivity index (χ1n) is 12.2. The quantitative estimate of drug-likeness (QED) is 0.333. The Kier molecular flexibility index (Phi) is 7.20.